The van der Waals surface area contributed by atoms with Gasteiger partial charge in [0.05, 0.1) is 26.4 Å². The fraction of sp³-hybridized carbons (Fsp3) is 0.429. The van der Waals surface area contributed by atoms with Crippen molar-refractivity contribution in [3.63, 3.8) is 0 Å². The molecule has 1 heterocycles. The van der Waals surface area contributed by atoms with Crippen LogP contribution in [0.3, 0.4) is 0 Å². The molecule has 114 valence electrons. The van der Waals surface area contributed by atoms with E-state index in [0.29, 0.717) is 11.4 Å². The quantitative estimate of drug-likeness (QED) is 0.863. The van der Waals surface area contributed by atoms with Gasteiger partial charge >= 0.3 is 12.0 Å². The number of hydrogen-bond acceptors (Lipinski definition) is 4. The van der Waals surface area contributed by atoms with Gasteiger partial charge in [-0.05, 0) is 12.1 Å². The number of carboxylic acids is 1. The molecule has 2 amide bonds. The molecule has 0 aliphatic carbocycles. The summed E-state index contributed by atoms with van der Waals surface area (Å²) in [6.45, 7) is 0.317. The van der Waals surface area contributed by atoms with Crippen LogP contribution in [0.15, 0.2) is 24.3 Å². The molecule has 1 aromatic rings. The summed E-state index contributed by atoms with van der Waals surface area (Å²) in [6, 6.07) is 6.13. The Balaban J connectivity index is 2.03. The Morgan fingerprint density at radius 3 is 2.86 bits per heavy atom. The zero-order chi connectivity index (χ0) is 15.4. The molecule has 0 saturated carbocycles. The van der Waals surface area contributed by atoms with E-state index in [0.717, 1.165) is 0 Å². The van der Waals surface area contributed by atoms with Crippen LogP contribution in [0.4, 0.5) is 10.5 Å². The second-order valence-corrected chi connectivity index (χ2v) is 4.80. The zero-order valence-corrected chi connectivity index (χ0v) is 11.9. The third kappa shape index (κ3) is 3.43. The van der Waals surface area contributed by atoms with Crippen molar-refractivity contribution in [1.29, 1.82) is 0 Å². The van der Waals surface area contributed by atoms with Crippen molar-refractivity contribution in [2.45, 2.75) is 6.04 Å². The molecule has 1 aliphatic rings. The van der Waals surface area contributed by atoms with Crippen molar-refractivity contribution >= 4 is 17.7 Å². The highest BCUT2D eigenvalue weighted by Crippen LogP contribution is 2.20. The number of carbonyl (C=O) groups is 2. The SMILES string of the molecule is COc1cccc(N(C)C(=O)NC2COCC2C(=O)O)c1. The molecule has 1 aromatic carbocycles. The lowest BCUT2D eigenvalue weighted by atomic mass is 10.0. The molecule has 2 rings (SSSR count). The van der Waals surface area contributed by atoms with Gasteiger partial charge in [0.1, 0.15) is 11.7 Å². The first-order valence-electron chi connectivity index (χ1n) is 6.51. The molecule has 0 radical (unpaired) electrons. The Labute approximate surface area is 122 Å². The van der Waals surface area contributed by atoms with Crippen LogP contribution >= 0.6 is 0 Å². The molecule has 7 nitrogen and oxygen atoms in total. The van der Waals surface area contributed by atoms with Gasteiger partial charge in [0.25, 0.3) is 0 Å². The molecule has 7 heteroatoms. The minimum absolute atomic E-state index is 0.114. The topological polar surface area (TPSA) is 88.1 Å². The van der Waals surface area contributed by atoms with Gasteiger partial charge in [-0.2, -0.15) is 0 Å². The zero-order valence-electron chi connectivity index (χ0n) is 11.9. The van der Waals surface area contributed by atoms with Gasteiger partial charge in [0.2, 0.25) is 0 Å². The molecule has 21 heavy (non-hydrogen) atoms. The predicted octanol–water partition coefficient (Wildman–Crippen LogP) is 0.941. The fourth-order valence-corrected chi connectivity index (χ4v) is 2.13. The van der Waals surface area contributed by atoms with Gasteiger partial charge in [0.15, 0.2) is 0 Å². The molecule has 2 unspecified atom stereocenters. The maximum absolute atomic E-state index is 12.2. The van der Waals surface area contributed by atoms with E-state index in [9.17, 15) is 9.59 Å². The first kappa shape index (κ1) is 15.1. The van der Waals surface area contributed by atoms with Gasteiger partial charge < -0.3 is 19.9 Å². The molecule has 1 saturated heterocycles. The van der Waals surface area contributed by atoms with Crippen LogP contribution < -0.4 is 15.0 Å². The van der Waals surface area contributed by atoms with E-state index in [2.05, 4.69) is 5.32 Å². The van der Waals surface area contributed by atoms with Crippen molar-refractivity contribution in [3.8, 4) is 5.75 Å². The average molecular weight is 294 g/mol. The van der Waals surface area contributed by atoms with Crippen LogP contribution in [-0.4, -0.2) is 50.5 Å². The van der Waals surface area contributed by atoms with Crippen molar-refractivity contribution in [3.05, 3.63) is 24.3 Å². The summed E-state index contributed by atoms with van der Waals surface area (Å²) >= 11 is 0. The molecular weight excluding hydrogens is 276 g/mol. The lowest BCUT2D eigenvalue weighted by molar-refractivity contribution is -0.142. The number of hydrogen-bond donors (Lipinski definition) is 2. The number of urea groups is 1. The predicted molar refractivity (Wildman–Crippen MR) is 75.7 cm³/mol. The molecular formula is C14H18N2O5. The minimum atomic E-state index is -0.971. The van der Waals surface area contributed by atoms with Crippen molar-refractivity contribution in [1.82, 2.24) is 5.32 Å². The van der Waals surface area contributed by atoms with Crippen LogP contribution in [0.2, 0.25) is 0 Å². The van der Waals surface area contributed by atoms with Crippen molar-refractivity contribution in [2.24, 2.45) is 5.92 Å². The summed E-state index contributed by atoms with van der Waals surface area (Å²) in [7, 11) is 3.15. The summed E-state index contributed by atoms with van der Waals surface area (Å²) in [5.41, 5.74) is 0.651. The van der Waals surface area contributed by atoms with E-state index in [1.165, 1.54) is 4.90 Å². The summed E-state index contributed by atoms with van der Waals surface area (Å²) in [5, 5.41) is 11.7. The highest BCUT2D eigenvalue weighted by atomic mass is 16.5. The summed E-state index contributed by atoms with van der Waals surface area (Å²) in [4.78, 5) is 24.7. The number of nitrogens with zero attached hydrogens (tertiary/aromatic N) is 1. The summed E-state index contributed by atoms with van der Waals surface area (Å²) in [5.74, 6) is -1.05. The maximum atomic E-state index is 12.2. The standard InChI is InChI=1S/C14H18N2O5/c1-16(9-4-3-5-10(6-9)20-2)14(19)15-12-8-21-7-11(12)13(17)18/h3-6,11-12H,7-8H2,1-2H3,(H,15,19)(H,17,18). The minimum Gasteiger partial charge on any atom is -0.497 e. The van der Waals surface area contributed by atoms with Crippen LogP contribution in [0.1, 0.15) is 0 Å². The Kier molecular flexibility index (Phi) is 4.64. The van der Waals surface area contributed by atoms with E-state index in [-0.39, 0.29) is 19.2 Å². The van der Waals surface area contributed by atoms with E-state index in [4.69, 9.17) is 14.6 Å². The average Bonchev–Trinajstić information content (AvgIpc) is 2.94. The summed E-state index contributed by atoms with van der Waals surface area (Å²) in [6.07, 6.45) is 0. The Morgan fingerprint density at radius 2 is 2.19 bits per heavy atom. The smallest absolute Gasteiger partial charge is 0.321 e. The highest BCUT2D eigenvalue weighted by molar-refractivity contribution is 5.92. The van der Waals surface area contributed by atoms with E-state index in [1.54, 1.807) is 38.4 Å². The van der Waals surface area contributed by atoms with Crippen LogP contribution in [0.5, 0.6) is 5.75 Å². The van der Waals surface area contributed by atoms with E-state index >= 15 is 0 Å². The first-order valence-corrected chi connectivity index (χ1v) is 6.51. The second kappa shape index (κ2) is 6.45. The van der Waals surface area contributed by atoms with Crippen molar-refractivity contribution < 1.29 is 24.2 Å². The fourth-order valence-electron chi connectivity index (χ4n) is 2.13. The van der Waals surface area contributed by atoms with Gasteiger partial charge in [-0.1, -0.05) is 6.07 Å². The van der Waals surface area contributed by atoms with Crippen LogP contribution in [0, 0.1) is 5.92 Å². The molecule has 2 N–H and O–H groups in total. The number of anilines is 1. The van der Waals surface area contributed by atoms with E-state index in [1.807, 2.05) is 0 Å². The Hall–Kier alpha value is -2.28. The molecule has 0 bridgehead atoms. The lowest BCUT2D eigenvalue weighted by Crippen LogP contribution is -2.47. The third-order valence-corrected chi connectivity index (χ3v) is 3.45. The molecule has 1 fully saturated rings. The number of rotatable bonds is 4. The van der Waals surface area contributed by atoms with Gasteiger partial charge in [-0.15, -0.1) is 0 Å². The number of methoxy groups -OCH3 is 1. The van der Waals surface area contributed by atoms with Crippen molar-refractivity contribution in [2.75, 3.05) is 32.3 Å². The molecule has 1 aliphatic heterocycles. The molecule has 2 atom stereocenters. The first-order chi connectivity index (χ1) is 10.0. The number of carbonyl (C=O) groups excluding carboxylic acids is 1. The van der Waals surface area contributed by atoms with Gasteiger partial charge in [-0.3, -0.25) is 9.69 Å². The third-order valence-electron chi connectivity index (χ3n) is 3.45. The number of ether oxygens (including phenoxy) is 2. The van der Waals surface area contributed by atoms with Gasteiger partial charge in [-0.25, -0.2) is 4.79 Å². The molecule has 0 spiro atoms. The second-order valence-electron chi connectivity index (χ2n) is 4.80. The molecule has 0 aromatic heterocycles. The maximum Gasteiger partial charge on any atom is 0.321 e. The highest BCUT2D eigenvalue weighted by Gasteiger charge is 2.35. The number of amides is 2. The number of carboxylic acid groups (broad SMARTS) is 1. The van der Waals surface area contributed by atoms with E-state index < -0.39 is 17.9 Å². The number of nitrogens with one attached hydrogen (secondary N) is 1. The number of aliphatic carboxylic acids is 1. The Morgan fingerprint density at radius 1 is 1.43 bits per heavy atom. The number of benzene rings is 1. The largest absolute Gasteiger partial charge is 0.497 e. The summed E-state index contributed by atoms with van der Waals surface area (Å²) < 4.78 is 10.2. The lowest BCUT2D eigenvalue weighted by Gasteiger charge is -2.22. The monoisotopic (exact) mass is 294 g/mol. The normalized spacial score (nSPS) is 20.9. The van der Waals surface area contributed by atoms with Crippen LogP contribution in [0.25, 0.3) is 0 Å². The Bertz CT molecular complexity index is 534. The van der Waals surface area contributed by atoms with Crippen LogP contribution in [-0.2, 0) is 9.53 Å². The van der Waals surface area contributed by atoms with Gasteiger partial charge in [0, 0.05) is 18.8 Å².